The lowest BCUT2D eigenvalue weighted by molar-refractivity contribution is 0.514. The number of hydrogen-bond acceptors (Lipinski definition) is 2. The van der Waals surface area contributed by atoms with Gasteiger partial charge >= 0.3 is 0 Å². The second-order valence-corrected chi connectivity index (χ2v) is 31.0. The van der Waals surface area contributed by atoms with Crippen molar-refractivity contribution in [3.05, 3.63) is 29.2 Å². The van der Waals surface area contributed by atoms with Crippen LogP contribution in [0.1, 0.15) is 551 Å². The van der Waals surface area contributed by atoms with Crippen LogP contribution in [0.25, 0.3) is 0 Å². The molecule has 0 N–H and O–H groups in total. The molecule has 0 bridgehead atoms. The molecule has 0 fully saturated rings. The van der Waals surface area contributed by atoms with Gasteiger partial charge in [-0.2, -0.15) is 0 Å². The summed E-state index contributed by atoms with van der Waals surface area (Å²) in [4.78, 5) is 10.6. The molecule has 0 atom stereocenters. The van der Waals surface area contributed by atoms with Crippen LogP contribution in [0, 0.1) is 6.42 Å². The fraction of sp³-hybridized carbons (Fsp3) is 0.944. The number of unbranched alkanes of at least 4 members (excludes halogenated alkanes) is 75. The number of aromatic nitrogens is 2. The fourth-order valence-corrected chi connectivity index (χ4v) is 15.3. The second kappa shape index (κ2) is 79.1. The minimum absolute atomic E-state index is 0.994. The molecule has 1 aromatic heterocycles. The van der Waals surface area contributed by atoms with Crippen LogP contribution in [-0.2, 0) is 19.3 Å². The Kier molecular flexibility index (Phi) is 76.6. The third-order valence-corrected chi connectivity index (χ3v) is 21.8. The maximum absolute atomic E-state index is 5.28. The lowest BCUT2D eigenvalue weighted by Gasteiger charge is -2.16. The van der Waals surface area contributed by atoms with Gasteiger partial charge in [-0.1, -0.05) is 509 Å². The normalized spacial score (nSPS) is 11.8. The predicted molar refractivity (Wildman–Crippen MR) is 419 cm³/mol. The molecular weight excluding hydrogens is 1110 g/mol. The molecule has 1 rings (SSSR count). The van der Waals surface area contributed by atoms with E-state index in [0.29, 0.717) is 0 Å². The first-order valence-corrected chi connectivity index (χ1v) is 44.4. The van der Waals surface area contributed by atoms with Crippen molar-refractivity contribution in [2.24, 2.45) is 0 Å². The Balaban J connectivity index is 2.30. The predicted octanol–water partition coefficient (Wildman–Crippen LogP) is 33.2. The first kappa shape index (κ1) is 89.1. The molecule has 0 saturated carbocycles. The van der Waals surface area contributed by atoms with Gasteiger partial charge in [-0.15, -0.1) is 0 Å². The number of rotatable bonds is 82. The lowest BCUT2D eigenvalue weighted by atomic mass is 9.96. The summed E-state index contributed by atoms with van der Waals surface area (Å²) in [7, 11) is 0. The summed E-state index contributed by atoms with van der Waals surface area (Å²) in [5.74, 6) is 0.994. The Morgan fingerprint density at radius 1 is 0.163 bits per heavy atom. The van der Waals surface area contributed by atoms with Crippen molar-refractivity contribution >= 4 is 0 Å². The summed E-state index contributed by atoms with van der Waals surface area (Å²) in [6.45, 7) is 9.12. The molecular formula is C90H175N2. The maximum atomic E-state index is 5.28. The lowest BCUT2D eigenvalue weighted by Crippen LogP contribution is -2.10. The van der Waals surface area contributed by atoms with Gasteiger partial charge in [0, 0.05) is 17.8 Å². The van der Waals surface area contributed by atoms with Crippen LogP contribution in [0.4, 0.5) is 0 Å². The van der Waals surface area contributed by atoms with Crippen LogP contribution >= 0.6 is 0 Å². The Morgan fingerprint density at radius 2 is 0.283 bits per heavy atom. The monoisotopic (exact) mass is 1280 g/mol. The first-order valence-electron chi connectivity index (χ1n) is 44.4. The van der Waals surface area contributed by atoms with Gasteiger partial charge in [0.15, 0.2) is 0 Å². The SMILES string of the molecule is C[CH]c1nc(CCCCCCCCCCCCCCCCCCCCCCCCCCCC)c(CCCCCCCCCCCCCCCCCCCCCCCCCCCC)c(CCCCCCCCCCCCCCCCCCCCCCCCCCCC)n1. The molecule has 92 heavy (non-hydrogen) atoms. The number of aryl methyl sites for hydroxylation is 2. The van der Waals surface area contributed by atoms with Crippen molar-refractivity contribution in [2.45, 2.75) is 548 Å². The summed E-state index contributed by atoms with van der Waals surface area (Å²) in [6.07, 6.45) is 119. The molecule has 545 valence electrons. The third kappa shape index (κ3) is 67.6. The van der Waals surface area contributed by atoms with Crippen LogP contribution in [0.2, 0.25) is 0 Å². The van der Waals surface area contributed by atoms with Crippen molar-refractivity contribution in [2.75, 3.05) is 0 Å². The Bertz CT molecular complexity index is 1400. The molecule has 0 aliphatic rings. The minimum atomic E-state index is 0.994. The number of hydrogen-bond donors (Lipinski definition) is 0. The summed E-state index contributed by atoms with van der Waals surface area (Å²) in [6, 6.07) is 0. The number of nitrogens with zero attached hydrogens (tertiary/aromatic N) is 2. The molecule has 1 heterocycles. The second-order valence-electron chi connectivity index (χ2n) is 31.0. The topological polar surface area (TPSA) is 25.8 Å². The summed E-state index contributed by atoms with van der Waals surface area (Å²) < 4.78 is 0. The van der Waals surface area contributed by atoms with Crippen LogP contribution in [0.5, 0.6) is 0 Å². The highest BCUT2D eigenvalue weighted by atomic mass is 14.9. The molecule has 0 spiro atoms. The fourth-order valence-electron chi connectivity index (χ4n) is 15.3. The molecule has 0 saturated heterocycles. The summed E-state index contributed by atoms with van der Waals surface area (Å²) in [5.41, 5.74) is 4.41. The third-order valence-electron chi connectivity index (χ3n) is 21.8. The molecule has 0 amide bonds. The Labute approximate surface area is 583 Å². The van der Waals surface area contributed by atoms with Gasteiger partial charge in [-0.05, 0) is 44.1 Å². The van der Waals surface area contributed by atoms with E-state index >= 15 is 0 Å². The summed E-state index contributed by atoms with van der Waals surface area (Å²) in [5, 5.41) is 0. The molecule has 2 heteroatoms. The molecule has 0 aliphatic carbocycles. The van der Waals surface area contributed by atoms with E-state index in [1.807, 2.05) is 0 Å². The zero-order chi connectivity index (χ0) is 65.7. The van der Waals surface area contributed by atoms with Crippen LogP contribution in [-0.4, -0.2) is 9.97 Å². The van der Waals surface area contributed by atoms with E-state index in [1.54, 1.807) is 5.56 Å². The van der Waals surface area contributed by atoms with Crippen molar-refractivity contribution < 1.29 is 0 Å². The molecule has 0 aromatic carbocycles. The standard InChI is InChI=1S/C90H175N2/c1-5-9-12-15-18-21-24-27-30-33-36-39-42-45-48-51-54-57-60-63-66-69-72-75-78-81-84-87-88(85-82-79-76-73-70-67-64-61-58-55-52-49-46-43-40-37-34-31-28-25-22-19-16-13-10-6-2)91-90(8-4)92-89(87)86-83-80-77-74-71-68-65-62-59-56-53-50-47-44-41-38-35-32-29-26-23-20-17-14-11-7-3/h8H,5-7,9-86H2,1-4H3. The zero-order valence-electron chi connectivity index (χ0n) is 64.7. The van der Waals surface area contributed by atoms with Gasteiger partial charge in [0.25, 0.3) is 0 Å². The average Bonchev–Trinajstić information content (AvgIpc) is 1.14. The van der Waals surface area contributed by atoms with Gasteiger partial charge in [-0.3, -0.25) is 0 Å². The van der Waals surface area contributed by atoms with E-state index in [0.717, 1.165) is 18.7 Å². The van der Waals surface area contributed by atoms with Crippen molar-refractivity contribution in [1.82, 2.24) is 9.97 Å². The van der Waals surface area contributed by atoms with Crippen molar-refractivity contribution in [3.63, 3.8) is 0 Å². The minimum Gasteiger partial charge on any atom is -0.237 e. The molecule has 0 unspecified atom stereocenters. The highest BCUT2D eigenvalue weighted by Crippen LogP contribution is 2.25. The molecule has 0 aliphatic heterocycles. The highest BCUT2D eigenvalue weighted by Gasteiger charge is 2.15. The summed E-state index contributed by atoms with van der Waals surface area (Å²) >= 11 is 0. The van der Waals surface area contributed by atoms with E-state index in [1.165, 1.54) is 519 Å². The van der Waals surface area contributed by atoms with Crippen LogP contribution < -0.4 is 0 Å². The Morgan fingerprint density at radius 3 is 0.413 bits per heavy atom. The Hall–Kier alpha value is -0.920. The molecule has 1 aromatic rings. The first-order chi connectivity index (χ1) is 45.8. The van der Waals surface area contributed by atoms with Gasteiger partial charge < -0.3 is 0 Å². The van der Waals surface area contributed by atoms with Gasteiger partial charge in [0.2, 0.25) is 0 Å². The van der Waals surface area contributed by atoms with Crippen molar-refractivity contribution in [1.29, 1.82) is 0 Å². The van der Waals surface area contributed by atoms with Gasteiger partial charge in [0.05, 0.1) is 0 Å². The maximum Gasteiger partial charge on any atom is 0.132 e. The molecule has 2 nitrogen and oxygen atoms in total. The van der Waals surface area contributed by atoms with E-state index in [9.17, 15) is 0 Å². The highest BCUT2D eigenvalue weighted by molar-refractivity contribution is 5.28. The van der Waals surface area contributed by atoms with Crippen LogP contribution in [0.3, 0.4) is 0 Å². The average molecular weight is 1290 g/mol. The largest absolute Gasteiger partial charge is 0.237 e. The smallest absolute Gasteiger partial charge is 0.132 e. The van der Waals surface area contributed by atoms with Gasteiger partial charge in [-0.25, -0.2) is 9.97 Å². The van der Waals surface area contributed by atoms with E-state index in [4.69, 9.17) is 9.97 Å². The van der Waals surface area contributed by atoms with E-state index in [-0.39, 0.29) is 0 Å². The van der Waals surface area contributed by atoms with E-state index < -0.39 is 0 Å². The van der Waals surface area contributed by atoms with Crippen LogP contribution in [0.15, 0.2) is 0 Å². The molecule has 1 radical (unpaired) electrons. The van der Waals surface area contributed by atoms with E-state index in [2.05, 4.69) is 34.1 Å². The van der Waals surface area contributed by atoms with Crippen molar-refractivity contribution in [3.8, 4) is 0 Å². The zero-order valence-corrected chi connectivity index (χ0v) is 64.7. The van der Waals surface area contributed by atoms with Gasteiger partial charge in [0.1, 0.15) is 5.82 Å². The quantitative estimate of drug-likeness (QED) is 0.0608.